The molecule has 1 atom stereocenters. The number of nitrogens with zero attached hydrogens (tertiary/aromatic N) is 3. The van der Waals surface area contributed by atoms with Gasteiger partial charge < -0.3 is 19.7 Å². The molecule has 7 heteroatoms. The molecule has 0 radical (unpaired) electrons. The Morgan fingerprint density at radius 3 is 2.53 bits per heavy atom. The molecule has 1 amide bonds. The number of rotatable bonds is 8. The minimum absolute atomic E-state index is 0.0165. The monoisotopic (exact) mass is 432 g/mol. The van der Waals surface area contributed by atoms with Gasteiger partial charge in [-0.2, -0.15) is 0 Å². The van der Waals surface area contributed by atoms with Crippen LogP contribution in [0.4, 0.5) is 5.95 Å². The molecule has 166 valence electrons. The number of piperidine rings is 1. The Morgan fingerprint density at radius 2 is 1.78 bits per heavy atom. The maximum absolute atomic E-state index is 12.4. The number of nitrogens with one attached hydrogen (secondary N) is 1. The Bertz CT molecular complexity index is 1010. The summed E-state index contributed by atoms with van der Waals surface area (Å²) in [5.41, 5.74) is 1.49. The fraction of sp³-hybridized carbons (Fsp3) is 0.320. The maximum Gasteiger partial charge on any atom is 0.254 e. The van der Waals surface area contributed by atoms with E-state index in [2.05, 4.69) is 20.2 Å². The summed E-state index contributed by atoms with van der Waals surface area (Å²) in [6.45, 7) is 4.56. The highest BCUT2D eigenvalue weighted by Gasteiger charge is 2.24. The van der Waals surface area contributed by atoms with Crippen molar-refractivity contribution >= 4 is 11.9 Å². The second kappa shape index (κ2) is 10.6. The Balaban J connectivity index is 1.35. The van der Waals surface area contributed by atoms with Gasteiger partial charge >= 0.3 is 0 Å². The van der Waals surface area contributed by atoms with Crippen LogP contribution in [-0.4, -0.2) is 41.7 Å². The second-order valence-electron chi connectivity index (χ2n) is 7.65. The van der Waals surface area contributed by atoms with Crippen LogP contribution in [0.3, 0.4) is 0 Å². The van der Waals surface area contributed by atoms with E-state index in [1.54, 1.807) is 12.4 Å². The first-order valence-electron chi connectivity index (χ1n) is 11.0. The fourth-order valence-corrected chi connectivity index (χ4v) is 3.70. The molecule has 4 rings (SSSR count). The zero-order valence-electron chi connectivity index (χ0n) is 18.2. The molecule has 1 saturated heterocycles. The number of amides is 1. The average Bonchev–Trinajstić information content (AvgIpc) is 2.85. The highest BCUT2D eigenvalue weighted by atomic mass is 16.5. The molecule has 1 unspecified atom stereocenters. The van der Waals surface area contributed by atoms with Crippen molar-refractivity contribution in [1.29, 1.82) is 0 Å². The number of carbonyl (C=O) groups excluding carboxylic acids is 1. The lowest BCUT2D eigenvalue weighted by atomic mass is 10.1. The molecule has 1 N–H and O–H groups in total. The first-order valence-corrected chi connectivity index (χ1v) is 11.0. The molecule has 1 fully saturated rings. The van der Waals surface area contributed by atoms with Crippen molar-refractivity contribution in [2.45, 2.75) is 32.4 Å². The van der Waals surface area contributed by atoms with Gasteiger partial charge in [-0.1, -0.05) is 42.5 Å². The van der Waals surface area contributed by atoms with Gasteiger partial charge in [-0.3, -0.25) is 4.79 Å². The summed E-state index contributed by atoms with van der Waals surface area (Å²) >= 11 is 0. The lowest BCUT2D eigenvalue weighted by Gasteiger charge is -2.33. The molecular weight excluding hydrogens is 404 g/mol. The van der Waals surface area contributed by atoms with Crippen molar-refractivity contribution in [3.63, 3.8) is 0 Å². The number of aromatic nitrogens is 2. The summed E-state index contributed by atoms with van der Waals surface area (Å²) in [6, 6.07) is 17.5. The van der Waals surface area contributed by atoms with Gasteiger partial charge in [0.2, 0.25) is 5.95 Å². The van der Waals surface area contributed by atoms with Gasteiger partial charge in [-0.05, 0) is 37.5 Å². The van der Waals surface area contributed by atoms with E-state index in [0.29, 0.717) is 31.2 Å². The molecule has 1 aliphatic heterocycles. The quantitative estimate of drug-likeness (QED) is 0.583. The van der Waals surface area contributed by atoms with E-state index in [-0.39, 0.29) is 12.0 Å². The molecule has 3 aromatic rings. The Morgan fingerprint density at radius 1 is 1.06 bits per heavy atom. The van der Waals surface area contributed by atoms with E-state index in [1.807, 2.05) is 61.5 Å². The lowest BCUT2D eigenvalue weighted by Crippen LogP contribution is -2.42. The van der Waals surface area contributed by atoms with E-state index in [1.165, 1.54) is 0 Å². The van der Waals surface area contributed by atoms with Crippen LogP contribution in [0.15, 0.2) is 67.0 Å². The first kappa shape index (κ1) is 21.6. The van der Waals surface area contributed by atoms with Crippen molar-refractivity contribution < 1.29 is 14.3 Å². The molecule has 32 heavy (non-hydrogen) atoms. The number of carbonyl (C=O) groups is 1. The van der Waals surface area contributed by atoms with E-state index < -0.39 is 0 Å². The predicted octanol–water partition coefficient (Wildman–Crippen LogP) is 3.85. The fourth-order valence-electron chi connectivity index (χ4n) is 3.70. The zero-order chi connectivity index (χ0) is 22.2. The summed E-state index contributed by atoms with van der Waals surface area (Å²) in [4.78, 5) is 23.4. The number of hydrogen-bond acceptors (Lipinski definition) is 6. The standard InChI is InChI=1S/C25H28N4O3/c1-2-31-22-12-6-7-13-23(22)32-21-11-8-14-29(18-21)25-27-16-20(17-28-25)24(30)26-15-19-9-4-3-5-10-19/h3-7,9-10,12-13,16-17,21H,2,8,11,14-15,18H2,1H3,(H,26,30). The summed E-state index contributed by atoms with van der Waals surface area (Å²) in [6.07, 6.45) is 5.11. The second-order valence-corrected chi connectivity index (χ2v) is 7.65. The molecule has 0 spiro atoms. The van der Waals surface area contributed by atoms with Gasteiger partial charge in [0.15, 0.2) is 11.5 Å². The number of para-hydroxylation sites is 2. The average molecular weight is 433 g/mol. The predicted molar refractivity (Wildman–Crippen MR) is 123 cm³/mol. The molecule has 2 aromatic carbocycles. The molecule has 0 aliphatic carbocycles. The van der Waals surface area contributed by atoms with Crippen LogP contribution >= 0.6 is 0 Å². The molecule has 0 bridgehead atoms. The van der Waals surface area contributed by atoms with Crippen molar-refractivity contribution in [1.82, 2.24) is 15.3 Å². The van der Waals surface area contributed by atoms with Crippen LogP contribution in [0.1, 0.15) is 35.7 Å². The zero-order valence-corrected chi connectivity index (χ0v) is 18.2. The molecular formula is C25H28N4O3. The van der Waals surface area contributed by atoms with Crippen molar-refractivity contribution in [3.05, 3.63) is 78.1 Å². The van der Waals surface area contributed by atoms with Crippen LogP contribution in [0.2, 0.25) is 0 Å². The third-order valence-electron chi connectivity index (χ3n) is 5.30. The summed E-state index contributed by atoms with van der Waals surface area (Å²) in [5, 5.41) is 2.90. The lowest BCUT2D eigenvalue weighted by molar-refractivity contribution is 0.0950. The normalized spacial score (nSPS) is 15.8. The molecule has 0 saturated carbocycles. The van der Waals surface area contributed by atoms with Gasteiger partial charge in [-0.25, -0.2) is 9.97 Å². The van der Waals surface area contributed by atoms with Gasteiger partial charge in [-0.15, -0.1) is 0 Å². The Hall–Kier alpha value is -3.61. The number of anilines is 1. The smallest absolute Gasteiger partial charge is 0.254 e. The number of hydrogen-bond donors (Lipinski definition) is 1. The summed E-state index contributed by atoms with van der Waals surface area (Å²) in [5.74, 6) is 1.94. The van der Waals surface area contributed by atoms with Gasteiger partial charge in [0.1, 0.15) is 6.10 Å². The van der Waals surface area contributed by atoms with Crippen molar-refractivity contribution in [2.24, 2.45) is 0 Å². The molecule has 2 heterocycles. The summed E-state index contributed by atoms with van der Waals surface area (Å²) in [7, 11) is 0. The highest BCUT2D eigenvalue weighted by molar-refractivity contribution is 5.93. The third-order valence-corrected chi connectivity index (χ3v) is 5.30. The van der Waals surface area contributed by atoms with Crippen LogP contribution in [0.25, 0.3) is 0 Å². The van der Waals surface area contributed by atoms with Crippen LogP contribution in [0, 0.1) is 0 Å². The topological polar surface area (TPSA) is 76.6 Å². The highest BCUT2D eigenvalue weighted by Crippen LogP contribution is 2.29. The summed E-state index contributed by atoms with van der Waals surface area (Å²) < 4.78 is 11.9. The van der Waals surface area contributed by atoms with Gasteiger partial charge in [0.05, 0.1) is 18.7 Å². The van der Waals surface area contributed by atoms with Crippen LogP contribution < -0.4 is 19.7 Å². The molecule has 1 aromatic heterocycles. The van der Waals surface area contributed by atoms with Gasteiger partial charge in [0, 0.05) is 25.5 Å². The maximum atomic E-state index is 12.4. The molecule has 7 nitrogen and oxygen atoms in total. The van der Waals surface area contributed by atoms with E-state index >= 15 is 0 Å². The Kier molecular flexibility index (Phi) is 7.17. The van der Waals surface area contributed by atoms with E-state index in [9.17, 15) is 4.79 Å². The van der Waals surface area contributed by atoms with Crippen LogP contribution in [-0.2, 0) is 6.54 Å². The van der Waals surface area contributed by atoms with Crippen molar-refractivity contribution in [2.75, 3.05) is 24.6 Å². The number of benzene rings is 2. The van der Waals surface area contributed by atoms with E-state index in [4.69, 9.17) is 9.47 Å². The minimum atomic E-state index is -0.187. The molecule has 1 aliphatic rings. The largest absolute Gasteiger partial charge is 0.490 e. The number of ether oxygens (including phenoxy) is 2. The third kappa shape index (κ3) is 5.55. The minimum Gasteiger partial charge on any atom is -0.490 e. The Labute approximate surface area is 188 Å². The van der Waals surface area contributed by atoms with Crippen LogP contribution in [0.5, 0.6) is 11.5 Å². The van der Waals surface area contributed by atoms with Gasteiger partial charge in [0.25, 0.3) is 5.91 Å². The SMILES string of the molecule is CCOc1ccccc1OC1CCCN(c2ncc(C(=O)NCc3ccccc3)cn2)C1. The first-order chi connectivity index (χ1) is 15.7. The van der Waals surface area contributed by atoms with E-state index in [0.717, 1.165) is 36.4 Å². The van der Waals surface area contributed by atoms with Crippen molar-refractivity contribution in [3.8, 4) is 11.5 Å².